The maximum Gasteiger partial charge on any atom is 0.506 e. The first-order valence-electron chi connectivity index (χ1n) is 20.2. The molecule has 0 saturated heterocycles. The number of carbonyl (C=O) groups is 1. The first-order valence-corrected chi connectivity index (χ1v) is 20.2. The predicted molar refractivity (Wildman–Crippen MR) is 208 cm³/mol. The highest BCUT2D eigenvalue weighted by Gasteiger charge is 2.13. The maximum atomic E-state index is 11.2. The maximum absolute atomic E-state index is 11.2. The van der Waals surface area contributed by atoms with Crippen LogP contribution in [-0.4, -0.2) is 42.9 Å². The molecule has 0 heterocycles. The molecule has 0 radical (unpaired) electrons. The van der Waals surface area contributed by atoms with Crippen molar-refractivity contribution >= 4 is 6.16 Å². The lowest BCUT2D eigenvalue weighted by Crippen LogP contribution is -2.16. The molecule has 1 N–H and O–H groups in total. The second-order valence-corrected chi connectivity index (χ2v) is 14.0. The van der Waals surface area contributed by atoms with E-state index in [1.807, 2.05) is 0 Å². The Hall–Kier alpha value is -1.81. The van der Waals surface area contributed by atoms with E-state index in [2.05, 4.69) is 74.5 Å². The number of ether oxygens (including phenoxy) is 1. The molecule has 0 spiro atoms. The van der Waals surface area contributed by atoms with Crippen LogP contribution >= 0.6 is 0 Å². The van der Waals surface area contributed by atoms with Gasteiger partial charge < -0.3 is 14.7 Å². The molecule has 1 unspecified atom stereocenters. The van der Waals surface area contributed by atoms with Gasteiger partial charge in [-0.25, -0.2) is 4.79 Å². The normalized spacial score (nSPS) is 12.9. The quantitative estimate of drug-likeness (QED) is 0.0414. The van der Waals surface area contributed by atoms with Gasteiger partial charge in [0.25, 0.3) is 0 Å². The van der Waals surface area contributed by atoms with Crippen LogP contribution in [0.25, 0.3) is 0 Å². The van der Waals surface area contributed by atoms with Crippen LogP contribution in [0.5, 0.6) is 0 Å². The zero-order chi connectivity index (χ0) is 34.3. The van der Waals surface area contributed by atoms with Crippen molar-refractivity contribution in [3.63, 3.8) is 0 Å². The third-order valence-corrected chi connectivity index (χ3v) is 8.97. The summed E-state index contributed by atoms with van der Waals surface area (Å²) in [6.45, 7) is 3.48. The summed E-state index contributed by atoms with van der Waals surface area (Å²) in [6.07, 6.45) is 52.9. The molecular formula is C43H79NO3. The Bertz CT molecular complexity index is 754. The molecule has 4 heteroatoms. The van der Waals surface area contributed by atoms with Gasteiger partial charge in [0.05, 0.1) is 0 Å². The molecule has 0 aromatic rings. The lowest BCUT2D eigenvalue weighted by atomic mass is 10.0. The second kappa shape index (κ2) is 38.6. The lowest BCUT2D eigenvalue weighted by Gasteiger charge is -2.15. The summed E-state index contributed by atoms with van der Waals surface area (Å²) in [7, 11) is 4.31. The van der Waals surface area contributed by atoms with Crippen molar-refractivity contribution in [2.45, 2.75) is 199 Å². The molecule has 274 valence electrons. The van der Waals surface area contributed by atoms with Gasteiger partial charge in [0, 0.05) is 0 Å². The van der Waals surface area contributed by atoms with Crippen LogP contribution in [0.2, 0.25) is 0 Å². The fourth-order valence-corrected chi connectivity index (χ4v) is 6.01. The van der Waals surface area contributed by atoms with Crippen molar-refractivity contribution in [2.24, 2.45) is 0 Å². The van der Waals surface area contributed by atoms with E-state index < -0.39 is 6.16 Å². The van der Waals surface area contributed by atoms with E-state index in [0.717, 1.165) is 38.5 Å². The highest BCUT2D eigenvalue weighted by atomic mass is 16.7. The third-order valence-electron chi connectivity index (χ3n) is 8.97. The predicted octanol–water partition coefficient (Wildman–Crippen LogP) is 14.2. The summed E-state index contributed by atoms with van der Waals surface area (Å²) in [6, 6.07) is 0. The molecule has 1 atom stereocenters. The summed E-state index contributed by atoms with van der Waals surface area (Å²) in [4.78, 5) is 13.4. The molecule has 4 nitrogen and oxygen atoms in total. The minimum Gasteiger partial charge on any atom is -0.450 e. The smallest absolute Gasteiger partial charge is 0.450 e. The molecule has 47 heavy (non-hydrogen) atoms. The topological polar surface area (TPSA) is 49.8 Å². The van der Waals surface area contributed by atoms with Crippen molar-refractivity contribution in [3.05, 3.63) is 48.6 Å². The number of hydrogen-bond acceptors (Lipinski definition) is 3. The van der Waals surface area contributed by atoms with Crippen molar-refractivity contribution in [1.29, 1.82) is 0 Å². The average Bonchev–Trinajstić information content (AvgIpc) is 3.04. The molecule has 0 aliphatic rings. The van der Waals surface area contributed by atoms with Gasteiger partial charge in [0.15, 0.2) is 0 Å². The van der Waals surface area contributed by atoms with Crippen LogP contribution in [0.15, 0.2) is 48.6 Å². The SMILES string of the molecule is CCCCC/C=C\C/C=C\CCCCCCCCC(CCCCCCCC/C=C\C/C=C\CCCCCCCCN(C)C)OC(=O)O. The molecule has 0 saturated carbocycles. The zero-order valence-corrected chi connectivity index (χ0v) is 31.6. The second-order valence-electron chi connectivity index (χ2n) is 14.0. The fourth-order valence-electron chi connectivity index (χ4n) is 6.01. The van der Waals surface area contributed by atoms with Gasteiger partial charge in [0.2, 0.25) is 0 Å². The van der Waals surface area contributed by atoms with Gasteiger partial charge in [-0.3, -0.25) is 0 Å². The monoisotopic (exact) mass is 658 g/mol. The van der Waals surface area contributed by atoms with Crippen LogP contribution in [0.4, 0.5) is 4.79 Å². The summed E-state index contributed by atoms with van der Waals surface area (Å²) < 4.78 is 5.21. The zero-order valence-electron chi connectivity index (χ0n) is 31.6. The first-order chi connectivity index (χ1) is 23.1. The number of rotatable bonds is 36. The van der Waals surface area contributed by atoms with Gasteiger partial charge in [0.1, 0.15) is 6.10 Å². The van der Waals surface area contributed by atoms with E-state index in [4.69, 9.17) is 9.84 Å². The molecule has 0 amide bonds. The van der Waals surface area contributed by atoms with Crippen molar-refractivity contribution < 1.29 is 14.6 Å². The Labute approximate surface area is 293 Å². The number of nitrogens with zero attached hydrogens (tertiary/aromatic N) is 1. The summed E-state index contributed by atoms with van der Waals surface area (Å²) in [5.41, 5.74) is 0. The number of hydrogen-bond donors (Lipinski definition) is 1. The van der Waals surface area contributed by atoms with E-state index in [9.17, 15) is 4.79 Å². The van der Waals surface area contributed by atoms with Crippen molar-refractivity contribution in [1.82, 2.24) is 4.90 Å². The van der Waals surface area contributed by atoms with E-state index in [1.54, 1.807) is 0 Å². The molecule has 0 aromatic carbocycles. The minimum absolute atomic E-state index is 0.124. The Morgan fingerprint density at radius 3 is 1.21 bits per heavy atom. The van der Waals surface area contributed by atoms with Crippen LogP contribution in [0.1, 0.15) is 193 Å². The molecule has 0 aliphatic carbocycles. The Morgan fingerprint density at radius 2 is 0.851 bits per heavy atom. The van der Waals surface area contributed by atoms with E-state index in [-0.39, 0.29) is 6.10 Å². The Balaban J connectivity index is 3.59. The van der Waals surface area contributed by atoms with Crippen LogP contribution in [0.3, 0.4) is 0 Å². The number of allylic oxidation sites excluding steroid dienone is 8. The standard InChI is InChI=1S/C43H79NO3/c1-4-5-6-7-8-9-10-11-12-18-21-24-27-30-33-36-39-42(47-43(45)46)40-37-34-31-28-25-22-19-16-14-13-15-17-20-23-26-29-32-35-38-41-44(2)3/h8-9,11-12,14-17,42H,4-7,10,13,18-41H2,1-3H3,(H,45,46)/b9-8-,12-11-,16-14-,17-15-. The fraction of sp³-hybridized carbons (Fsp3) is 0.791. The average molecular weight is 658 g/mol. The van der Waals surface area contributed by atoms with E-state index >= 15 is 0 Å². The highest BCUT2D eigenvalue weighted by molar-refractivity contribution is 5.57. The Kier molecular flexibility index (Phi) is 37.1. The van der Waals surface area contributed by atoms with Gasteiger partial charge >= 0.3 is 6.16 Å². The van der Waals surface area contributed by atoms with E-state index in [0.29, 0.717) is 0 Å². The lowest BCUT2D eigenvalue weighted by molar-refractivity contribution is 0.0422. The highest BCUT2D eigenvalue weighted by Crippen LogP contribution is 2.18. The first kappa shape index (κ1) is 45.2. The molecule has 0 aliphatic heterocycles. The Morgan fingerprint density at radius 1 is 0.511 bits per heavy atom. The van der Waals surface area contributed by atoms with Crippen molar-refractivity contribution in [2.75, 3.05) is 20.6 Å². The molecule has 0 fully saturated rings. The van der Waals surface area contributed by atoms with Crippen molar-refractivity contribution in [3.8, 4) is 0 Å². The van der Waals surface area contributed by atoms with Gasteiger partial charge in [-0.1, -0.05) is 145 Å². The molecular weight excluding hydrogens is 578 g/mol. The van der Waals surface area contributed by atoms with E-state index in [1.165, 1.54) is 154 Å². The third kappa shape index (κ3) is 40.3. The van der Waals surface area contributed by atoms with Crippen LogP contribution in [0, 0.1) is 0 Å². The summed E-state index contributed by atoms with van der Waals surface area (Å²) in [5, 5.41) is 9.15. The molecule has 0 rings (SSSR count). The van der Waals surface area contributed by atoms with Gasteiger partial charge in [-0.15, -0.1) is 0 Å². The summed E-state index contributed by atoms with van der Waals surface area (Å²) >= 11 is 0. The summed E-state index contributed by atoms with van der Waals surface area (Å²) in [5.74, 6) is 0. The molecule has 0 aromatic heterocycles. The molecule has 0 bridgehead atoms. The number of unbranched alkanes of at least 4 members (excludes halogenated alkanes) is 21. The number of carboxylic acid groups (broad SMARTS) is 1. The van der Waals surface area contributed by atoms with Gasteiger partial charge in [-0.2, -0.15) is 0 Å². The van der Waals surface area contributed by atoms with Gasteiger partial charge in [-0.05, 0) is 117 Å². The van der Waals surface area contributed by atoms with Crippen LogP contribution in [-0.2, 0) is 4.74 Å². The van der Waals surface area contributed by atoms with Crippen LogP contribution < -0.4 is 0 Å². The largest absolute Gasteiger partial charge is 0.506 e. The minimum atomic E-state index is -1.12.